The van der Waals surface area contributed by atoms with Gasteiger partial charge >= 0.3 is 0 Å². The molecule has 1 fully saturated rings. The Morgan fingerprint density at radius 1 is 1.00 bits per heavy atom. The van der Waals surface area contributed by atoms with E-state index < -0.39 is 0 Å². The first-order valence-corrected chi connectivity index (χ1v) is 6.77. The zero-order valence-electron chi connectivity index (χ0n) is 10.8. The van der Waals surface area contributed by atoms with Gasteiger partial charge in [-0.1, -0.05) is 49.3 Å². The molecular weight excluding hydrogens is 204 g/mol. The van der Waals surface area contributed by atoms with Gasteiger partial charge in [0.05, 0.1) is 0 Å². The lowest BCUT2D eigenvalue weighted by Crippen LogP contribution is -2.20. The van der Waals surface area contributed by atoms with E-state index in [4.69, 9.17) is 0 Å². The Kier molecular flexibility index (Phi) is 2.47. The second kappa shape index (κ2) is 3.87. The number of allylic oxidation sites excluding steroid dienone is 4. The average molecular weight is 224 g/mol. The van der Waals surface area contributed by atoms with Crippen LogP contribution in [0.3, 0.4) is 0 Å². The summed E-state index contributed by atoms with van der Waals surface area (Å²) in [5, 5.41) is 0. The summed E-state index contributed by atoms with van der Waals surface area (Å²) >= 11 is 0. The summed E-state index contributed by atoms with van der Waals surface area (Å²) in [5.74, 6) is 0. The van der Waals surface area contributed by atoms with E-state index in [1.54, 1.807) is 11.1 Å². The summed E-state index contributed by atoms with van der Waals surface area (Å²) in [4.78, 5) is 0. The minimum atomic E-state index is 0.354. The van der Waals surface area contributed by atoms with Crippen molar-refractivity contribution in [3.05, 3.63) is 53.1 Å². The molecule has 0 radical (unpaired) electrons. The molecule has 0 heteroatoms. The van der Waals surface area contributed by atoms with Crippen molar-refractivity contribution in [2.75, 3.05) is 0 Å². The fourth-order valence-electron chi connectivity index (χ4n) is 3.94. The van der Waals surface area contributed by atoms with Crippen molar-refractivity contribution >= 4 is 5.57 Å². The molecule has 1 aromatic carbocycles. The summed E-state index contributed by atoms with van der Waals surface area (Å²) in [6.45, 7) is 4.37. The van der Waals surface area contributed by atoms with Crippen LogP contribution in [-0.4, -0.2) is 0 Å². The second-order valence-electron chi connectivity index (χ2n) is 5.24. The Morgan fingerprint density at radius 3 is 2.35 bits per heavy atom. The van der Waals surface area contributed by atoms with E-state index in [0.717, 1.165) is 0 Å². The van der Waals surface area contributed by atoms with E-state index in [1.807, 2.05) is 0 Å². The Morgan fingerprint density at radius 2 is 1.71 bits per heavy atom. The highest BCUT2D eigenvalue weighted by molar-refractivity contribution is 5.89. The third-order valence-corrected chi connectivity index (χ3v) is 4.57. The van der Waals surface area contributed by atoms with Crippen LogP contribution >= 0.6 is 0 Å². The molecule has 0 unspecified atom stereocenters. The van der Waals surface area contributed by atoms with Gasteiger partial charge in [-0.2, -0.15) is 0 Å². The average Bonchev–Trinajstić information content (AvgIpc) is 2.95. The lowest BCUT2D eigenvalue weighted by atomic mass is 9.76. The van der Waals surface area contributed by atoms with Gasteiger partial charge in [-0.25, -0.2) is 0 Å². The van der Waals surface area contributed by atoms with Gasteiger partial charge in [0, 0.05) is 5.41 Å². The van der Waals surface area contributed by atoms with Gasteiger partial charge in [0.15, 0.2) is 0 Å². The van der Waals surface area contributed by atoms with Crippen LogP contribution in [-0.2, 0) is 5.41 Å². The molecule has 1 spiro atoms. The highest BCUT2D eigenvalue weighted by atomic mass is 14.5. The van der Waals surface area contributed by atoms with Gasteiger partial charge in [0.2, 0.25) is 0 Å². The third-order valence-electron chi connectivity index (χ3n) is 4.57. The molecule has 0 nitrogen and oxygen atoms in total. The van der Waals surface area contributed by atoms with Crippen molar-refractivity contribution in [3.63, 3.8) is 0 Å². The van der Waals surface area contributed by atoms with Crippen molar-refractivity contribution < 1.29 is 0 Å². The number of fused-ring (bicyclic) bond motifs is 2. The van der Waals surface area contributed by atoms with Crippen LogP contribution in [0, 0.1) is 0 Å². The summed E-state index contributed by atoms with van der Waals surface area (Å²) in [6.07, 6.45) is 10.1. The van der Waals surface area contributed by atoms with Crippen LogP contribution in [0.2, 0.25) is 0 Å². The van der Waals surface area contributed by atoms with E-state index in [-0.39, 0.29) is 0 Å². The normalized spacial score (nSPS) is 26.0. The summed E-state index contributed by atoms with van der Waals surface area (Å²) in [6, 6.07) is 9.01. The fourth-order valence-corrected chi connectivity index (χ4v) is 3.94. The largest absolute Gasteiger partial charge is 0.0829 e. The van der Waals surface area contributed by atoms with Crippen molar-refractivity contribution in [1.82, 2.24) is 0 Å². The van der Waals surface area contributed by atoms with Gasteiger partial charge in [-0.3, -0.25) is 0 Å². The van der Waals surface area contributed by atoms with Gasteiger partial charge in [0.25, 0.3) is 0 Å². The molecule has 0 heterocycles. The maximum absolute atomic E-state index is 2.35. The molecule has 2 aliphatic rings. The fraction of sp³-hybridized carbons (Fsp3) is 0.412. The summed E-state index contributed by atoms with van der Waals surface area (Å²) < 4.78 is 0. The minimum Gasteiger partial charge on any atom is -0.0829 e. The van der Waals surface area contributed by atoms with Gasteiger partial charge in [0.1, 0.15) is 0 Å². The SMILES string of the molecule is C/C=C1\C(=C/C)c2ccccc2C12CCCC2. The molecule has 2 aliphatic carbocycles. The van der Waals surface area contributed by atoms with E-state index in [0.29, 0.717) is 5.41 Å². The lowest BCUT2D eigenvalue weighted by Gasteiger charge is -2.26. The Balaban J connectivity index is 2.29. The van der Waals surface area contributed by atoms with Crippen molar-refractivity contribution in [2.45, 2.75) is 44.9 Å². The van der Waals surface area contributed by atoms with Crippen LogP contribution in [0.5, 0.6) is 0 Å². The molecule has 88 valence electrons. The van der Waals surface area contributed by atoms with Gasteiger partial charge in [-0.15, -0.1) is 0 Å². The van der Waals surface area contributed by atoms with Crippen molar-refractivity contribution in [2.24, 2.45) is 0 Å². The Labute approximate surface area is 104 Å². The molecule has 0 bridgehead atoms. The Hall–Kier alpha value is -1.30. The highest BCUT2D eigenvalue weighted by Crippen LogP contribution is 2.57. The summed E-state index contributed by atoms with van der Waals surface area (Å²) in [5.41, 5.74) is 6.47. The monoisotopic (exact) mass is 224 g/mol. The Bertz CT molecular complexity index is 497. The number of hydrogen-bond acceptors (Lipinski definition) is 0. The first kappa shape index (κ1) is 10.8. The van der Waals surface area contributed by atoms with E-state index in [1.165, 1.54) is 36.8 Å². The highest BCUT2D eigenvalue weighted by Gasteiger charge is 2.46. The van der Waals surface area contributed by atoms with Crippen LogP contribution < -0.4 is 0 Å². The minimum absolute atomic E-state index is 0.354. The van der Waals surface area contributed by atoms with E-state index in [9.17, 15) is 0 Å². The standard InChI is InChI=1S/C17H20/c1-3-13-14-9-5-6-10-16(14)17(15(13)4-2)11-7-8-12-17/h3-6,9-10H,7-8,11-12H2,1-2H3/b13-3-,15-4+. The molecule has 0 saturated heterocycles. The molecule has 17 heavy (non-hydrogen) atoms. The zero-order valence-corrected chi connectivity index (χ0v) is 10.8. The first-order valence-electron chi connectivity index (χ1n) is 6.77. The van der Waals surface area contributed by atoms with Crippen LogP contribution in [0.4, 0.5) is 0 Å². The predicted octanol–water partition coefficient (Wildman–Crippen LogP) is 4.86. The zero-order chi connectivity index (χ0) is 11.9. The molecule has 0 N–H and O–H groups in total. The van der Waals surface area contributed by atoms with Gasteiger partial charge in [-0.05, 0) is 49.0 Å². The number of benzene rings is 1. The third kappa shape index (κ3) is 1.30. The van der Waals surface area contributed by atoms with E-state index in [2.05, 4.69) is 50.3 Å². The van der Waals surface area contributed by atoms with Crippen LogP contribution in [0.25, 0.3) is 5.57 Å². The van der Waals surface area contributed by atoms with E-state index >= 15 is 0 Å². The lowest BCUT2D eigenvalue weighted by molar-refractivity contribution is 0.549. The van der Waals surface area contributed by atoms with Crippen molar-refractivity contribution in [1.29, 1.82) is 0 Å². The number of hydrogen-bond donors (Lipinski definition) is 0. The molecule has 0 aromatic heterocycles. The molecule has 0 amide bonds. The molecule has 0 atom stereocenters. The molecule has 3 rings (SSSR count). The second-order valence-corrected chi connectivity index (χ2v) is 5.24. The topological polar surface area (TPSA) is 0 Å². The summed E-state index contributed by atoms with van der Waals surface area (Å²) in [7, 11) is 0. The van der Waals surface area contributed by atoms with Gasteiger partial charge < -0.3 is 0 Å². The molecule has 1 aromatic rings. The predicted molar refractivity (Wildman–Crippen MR) is 74.0 cm³/mol. The number of rotatable bonds is 0. The van der Waals surface area contributed by atoms with Crippen LogP contribution in [0.1, 0.15) is 50.7 Å². The molecule has 0 aliphatic heterocycles. The van der Waals surface area contributed by atoms with Crippen LogP contribution in [0.15, 0.2) is 42.0 Å². The molecular formula is C17H20. The first-order chi connectivity index (χ1) is 8.33. The molecule has 1 saturated carbocycles. The smallest absolute Gasteiger partial charge is 0.0211 e. The maximum Gasteiger partial charge on any atom is 0.0211 e. The van der Waals surface area contributed by atoms with Crippen molar-refractivity contribution in [3.8, 4) is 0 Å². The quantitative estimate of drug-likeness (QED) is 0.590. The maximum atomic E-state index is 2.35.